The number of rotatable bonds is 36. The molecule has 4 saturated carbocycles. The Labute approximate surface area is 794 Å². The van der Waals surface area contributed by atoms with Gasteiger partial charge in [0, 0.05) is 69.8 Å². The van der Waals surface area contributed by atoms with Crippen molar-refractivity contribution in [2.24, 2.45) is 57.2 Å². The van der Waals surface area contributed by atoms with Crippen LogP contribution >= 0.6 is 0 Å². The third-order valence-electron chi connectivity index (χ3n) is 32.8. The number of hydrogen-bond acceptors (Lipinski definition) is 24. The zero-order valence-corrected chi connectivity index (χ0v) is 88.8. The van der Waals surface area contributed by atoms with Crippen molar-refractivity contribution in [1.29, 1.82) is 0 Å². The molecule has 22 atom stereocenters. The molecule has 4 bridgehead atoms. The first-order valence-electron chi connectivity index (χ1n) is 47.5. The Morgan fingerprint density at radius 2 is 0.836 bits per heavy atom. The van der Waals surface area contributed by atoms with Gasteiger partial charge in [0.2, 0.25) is 11.6 Å². The number of benzene rings is 2. The van der Waals surface area contributed by atoms with E-state index in [1.807, 2.05) is 20.8 Å². The van der Waals surface area contributed by atoms with Crippen LogP contribution in [-0.2, 0) is 84.4 Å². The Balaban J connectivity index is 0.000000389. The van der Waals surface area contributed by atoms with Crippen LogP contribution in [0.1, 0.15) is 255 Å². The number of ketones is 2. The third-order valence-corrected chi connectivity index (χ3v) is 51.3. The quantitative estimate of drug-likeness (QED) is 0.0162. The number of hydrogen-bond donors (Lipinski definition) is 4. The van der Waals surface area contributed by atoms with E-state index in [0.717, 1.165) is 72.5 Å². The second-order valence-corrected chi connectivity index (χ2v) is 59.6. The molecule has 24 nitrogen and oxygen atoms in total. The molecule has 8 aliphatic rings. The molecule has 4 N–H and O–H groups in total. The van der Waals surface area contributed by atoms with Crippen molar-refractivity contribution in [1.82, 2.24) is 0 Å². The molecule has 0 spiro atoms. The molecule has 3 radical (unpaired) electrons. The van der Waals surface area contributed by atoms with E-state index >= 15 is 9.59 Å². The molecule has 30 heteroatoms. The minimum atomic E-state index is -2.55. The second-order valence-electron chi connectivity index (χ2n) is 40.7. The Hall–Kier alpha value is -4.39. The molecule has 0 aromatic heterocycles. The van der Waals surface area contributed by atoms with Crippen molar-refractivity contribution in [3.8, 4) is 0 Å². The number of aliphatic hydroxyl groups is 4. The molecule has 128 heavy (non-hydrogen) atoms. The topological polar surface area (TPSA) is 328 Å². The molecule has 713 valence electrons. The number of carbonyl (C=O) groups excluding carboxylic acids is 8. The average Bonchev–Trinajstić information content (AvgIpc) is 0.670. The fourth-order valence-corrected chi connectivity index (χ4v) is 35.6. The Kier molecular flexibility index (Phi) is 37.1. The van der Waals surface area contributed by atoms with Crippen molar-refractivity contribution < 1.29 is 145 Å². The summed E-state index contributed by atoms with van der Waals surface area (Å²) in [6.07, 6.45) is -12.6. The predicted molar refractivity (Wildman–Crippen MR) is 498 cm³/mol. The van der Waals surface area contributed by atoms with Crippen LogP contribution < -0.4 is 29.6 Å². The summed E-state index contributed by atoms with van der Waals surface area (Å²) in [5, 5.41) is 54.0. The van der Waals surface area contributed by atoms with Crippen LogP contribution in [0.3, 0.4) is 0 Å². The van der Waals surface area contributed by atoms with E-state index in [1.54, 1.807) is 109 Å². The van der Waals surface area contributed by atoms with Gasteiger partial charge in [-0.2, -0.15) is 0 Å². The zero-order chi connectivity index (χ0) is 94.2. The average molecular weight is 1870 g/mol. The number of fused-ring (bicyclic) bond motifs is 10. The standard InChI is InChI=1S/C49H80O12Si2.C49H76O12Si2.B.Na.H/c2*1-15-62(16-2,17-3)60-36-27-37-48(29-56-37,59-33(11)50)41-43(58-44(53)34-24-22-21-23-25-34)49(55)28-35(32(10)38(46(49,12)13)39(51)42(52)47(36,41)14)57-45(54)40(31(9)26-30(7)8)61-63(18-4,19-5)20-6;;;/h21-25,30-31,35-37,39-43,51-52,55H,15-20,26-29H2,1-14H3;21-25,30-31,35-37,40-41,43,55H,15-20,26-29H2,1-14H3;;;/q;;;+1;-1/t31-,35-,36-,37+,39-,40?,41-,42-,43-,47+,48-,49+;31-,35-,36-,37+,40?,41-,43-,47+,48-,49+;;;/m00.../s1. The van der Waals surface area contributed by atoms with Gasteiger partial charge in [0.25, 0.3) is 0 Å². The van der Waals surface area contributed by atoms with Crippen LogP contribution in [0.15, 0.2) is 83.0 Å². The van der Waals surface area contributed by atoms with Gasteiger partial charge >= 0.3 is 65.4 Å². The van der Waals surface area contributed by atoms with Crippen LogP contribution in [0, 0.1) is 57.2 Å². The number of carbonyl (C=O) groups is 8. The molecule has 2 unspecified atom stereocenters. The normalized spacial score (nSPS) is 32.1. The summed E-state index contributed by atoms with van der Waals surface area (Å²) in [6.45, 7) is 53.6. The Morgan fingerprint density at radius 3 is 1.19 bits per heavy atom. The van der Waals surface area contributed by atoms with Crippen molar-refractivity contribution in [2.75, 3.05) is 13.2 Å². The summed E-state index contributed by atoms with van der Waals surface area (Å²) in [5.74, 6) is -8.05. The van der Waals surface area contributed by atoms with E-state index in [1.165, 1.54) is 13.8 Å². The summed E-state index contributed by atoms with van der Waals surface area (Å²) in [6, 6.07) is 26.3. The van der Waals surface area contributed by atoms with Gasteiger partial charge in [-0.1, -0.05) is 196 Å². The van der Waals surface area contributed by atoms with Crippen molar-refractivity contribution in [2.45, 2.75) is 401 Å². The maximum Gasteiger partial charge on any atom is 1.00 e. The fourth-order valence-electron chi connectivity index (χ4n) is 23.9. The first-order valence-corrected chi connectivity index (χ1v) is 57.6. The molecule has 10 rings (SSSR count). The van der Waals surface area contributed by atoms with Gasteiger partial charge in [-0.15, -0.1) is 0 Å². The molecule has 2 saturated heterocycles. The smallest absolute Gasteiger partial charge is 1.00 e. The largest absolute Gasteiger partial charge is 1.00 e. The van der Waals surface area contributed by atoms with Gasteiger partial charge in [-0.3, -0.25) is 19.2 Å². The summed E-state index contributed by atoms with van der Waals surface area (Å²) in [7, 11) is -9.74. The van der Waals surface area contributed by atoms with E-state index in [9.17, 15) is 49.2 Å². The van der Waals surface area contributed by atoms with Gasteiger partial charge in [0.15, 0.2) is 44.5 Å². The van der Waals surface area contributed by atoms with E-state index in [4.69, 9.17) is 55.6 Å². The summed E-state index contributed by atoms with van der Waals surface area (Å²) >= 11 is 0. The molecule has 2 heterocycles. The minimum absolute atomic E-state index is 0. The summed E-state index contributed by atoms with van der Waals surface area (Å²) in [4.78, 5) is 117. The van der Waals surface area contributed by atoms with E-state index in [0.29, 0.717) is 24.0 Å². The molecular weight excluding hydrogens is 1710 g/mol. The van der Waals surface area contributed by atoms with Gasteiger partial charge in [0.05, 0.1) is 59.9 Å². The zero-order valence-electron chi connectivity index (χ0n) is 83.8. The predicted octanol–water partition coefficient (Wildman–Crippen LogP) is 14.2. The summed E-state index contributed by atoms with van der Waals surface area (Å²) < 4.78 is 80.2. The van der Waals surface area contributed by atoms with Gasteiger partial charge in [-0.05, 0) is 171 Å². The van der Waals surface area contributed by atoms with Crippen LogP contribution in [0.25, 0.3) is 0 Å². The van der Waals surface area contributed by atoms with Gasteiger partial charge in [-0.25, -0.2) is 19.2 Å². The van der Waals surface area contributed by atoms with E-state index in [-0.39, 0.29) is 124 Å². The van der Waals surface area contributed by atoms with Crippen molar-refractivity contribution in [3.05, 3.63) is 94.1 Å². The van der Waals surface area contributed by atoms with E-state index < -0.39 is 210 Å². The van der Waals surface area contributed by atoms with Crippen LogP contribution in [0.4, 0.5) is 0 Å². The van der Waals surface area contributed by atoms with Crippen LogP contribution in [0.5, 0.6) is 0 Å². The van der Waals surface area contributed by atoms with Gasteiger partial charge in [0.1, 0.15) is 66.1 Å². The van der Waals surface area contributed by atoms with E-state index in [2.05, 4.69) is 111 Å². The number of esters is 6. The fraction of sp³-hybridized carbons (Fsp3) is 0.755. The first kappa shape index (κ1) is 111. The molecule has 6 aliphatic carbocycles. The SMILES string of the molecule is CC[Si](CC)(CC)OC(C(=O)O[C@H]1C[C@@]2(O)[C@@H](OC(=O)c3ccccc3)[C@@H]3[C@]4(OC(C)=O)CO[C@@H]4C[C@H](O[Si](CC)(CC)CC)[C@@]3(C)C(=O)C(=O)C(=C1C)C2(C)C)[C@@H](C)CC(C)C.CC[Si](CC)(CC)OC(C(=O)O[C@H]1C[C@@]2(O)[C@@H](OC(=O)c3ccccc3)[C@@H]3[C@]4(OC(C)=O)CO[C@@H]4C[C@H](O[Si](CC)(CC)CC)[C@@]3(C)[C@@H](O)[C@@H](O)C(=C1C)C2(C)C)[C@@H](C)CC(C)C.[B].[H-].[Na+]. The van der Waals surface area contributed by atoms with Crippen molar-refractivity contribution in [3.63, 3.8) is 0 Å². The number of ether oxygens (including phenoxy) is 8. The van der Waals surface area contributed by atoms with Crippen LogP contribution in [-0.4, -0.2) is 218 Å². The maximum absolute atomic E-state index is 15.8. The molecule has 2 aliphatic heterocycles. The number of Topliss-reactive ketones (excluding diaryl/α,β-unsaturated/α-hetero) is 2. The molecule has 6 fully saturated rings. The monoisotopic (exact) mass is 1860 g/mol. The molecule has 2 aromatic rings. The third kappa shape index (κ3) is 20.0. The Bertz CT molecular complexity index is 4240. The van der Waals surface area contributed by atoms with Crippen LogP contribution in [0.2, 0.25) is 72.5 Å². The minimum Gasteiger partial charge on any atom is -1.00 e. The maximum atomic E-state index is 15.8. The summed E-state index contributed by atoms with van der Waals surface area (Å²) in [5.41, 5.74) is -12.2. The molecule has 0 amide bonds. The number of aliphatic hydroxyl groups excluding tert-OH is 2. The van der Waals surface area contributed by atoms with Gasteiger partial charge < -0.3 is 77.5 Å². The second kappa shape index (κ2) is 42.9. The molecular formula is C98H157BNaO24Si4. The first-order chi connectivity index (χ1) is 58.9. The molecule has 2 aromatic carbocycles. The van der Waals surface area contributed by atoms with Crippen molar-refractivity contribution >= 4 is 89.1 Å². The Morgan fingerprint density at radius 1 is 0.492 bits per heavy atom.